The van der Waals surface area contributed by atoms with Crippen LogP contribution in [0.1, 0.15) is 20.1 Å². The van der Waals surface area contributed by atoms with Crippen LogP contribution in [0.2, 0.25) is 0 Å². The maximum absolute atomic E-state index is 10.7. The molecule has 1 aromatic carbocycles. The van der Waals surface area contributed by atoms with E-state index in [0.717, 1.165) is 33.1 Å². The number of aryl methyl sites for hydroxylation is 1. The van der Waals surface area contributed by atoms with Crippen molar-refractivity contribution in [3.8, 4) is 11.5 Å². The quantitative estimate of drug-likeness (QED) is 0.774. The zero-order chi connectivity index (χ0) is 13.0. The molecule has 0 bridgehead atoms. The van der Waals surface area contributed by atoms with Gasteiger partial charge in [0.25, 0.3) is 0 Å². The van der Waals surface area contributed by atoms with Crippen molar-refractivity contribution in [2.45, 2.75) is 13.5 Å². The molecule has 2 aromatic rings. The van der Waals surface area contributed by atoms with E-state index in [4.69, 9.17) is 9.47 Å². The largest absolute Gasteiger partial charge is 0.497 e. The van der Waals surface area contributed by atoms with Crippen LogP contribution in [0.4, 0.5) is 0 Å². The number of rotatable bonds is 5. The second kappa shape index (κ2) is 5.69. The van der Waals surface area contributed by atoms with E-state index in [0.29, 0.717) is 6.61 Å². The van der Waals surface area contributed by atoms with Gasteiger partial charge in [-0.2, -0.15) is 0 Å². The Hall–Kier alpha value is -1.81. The lowest BCUT2D eigenvalue weighted by Crippen LogP contribution is -1.95. The van der Waals surface area contributed by atoms with E-state index in [1.807, 2.05) is 37.3 Å². The number of aldehydes is 1. The summed E-state index contributed by atoms with van der Waals surface area (Å²) >= 11 is 1.48. The molecule has 0 fully saturated rings. The zero-order valence-electron chi connectivity index (χ0n) is 10.3. The summed E-state index contributed by atoms with van der Waals surface area (Å²) in [6, 6.07) is 9.33. The van der Waals surface area contributed by atoms with Crippen LogP contribution in [0.3, 0.4) is 0 Å². The van der Waals surface area contributed by atoms with Gasteiger partial charge in [0.05, 0.1) is 12.0 Å². The number of ether oxygens (including phenoxy) is 2. The number of hydrogen-bond donors (Lipinski definition) is 0. The van der Waals surface area contributed by atoms with Gasteiger partial charge in [-0.3, -0.25) is 4.79 Å². The summed E-state index contributed by atoms with van der Waals surface area (Å²) in [6.45, 7) is 2.45. The molecule has 0 atom stereocenters. The fraction of sp³-hybridized carbons (Fsp3) is 0.214. The van der Waals surface area contributed by atoms with Crippen molar-refractivity contribution >= 4 is 17.6 Å². The Morgan fingerprint density at radius 2 is 2.06 bits per heavy atom. The van der Waals surface area contributed by atoms with Gasteiger partial charge in [-0.25, -0.2) is 0 Å². The van der Waals surface area contributed by atoms with Crippen molar-refractivity contribution < 1.29 is 14.3 Å². The summed E-state index contributed by atoms with van der Waals surface area (Å²) in [4.78, 5) is 12.5. The molecule has 0 amide bonds. The number of carbonyl (C=O) groups is 1. The van der Waals surface area contributed by atoms with Gasteiger partial charge in [-0.15, -0.1) is 11.3 Å². The molecule has 0 unspecified atom stereocenters. The van der Waals surface area contributed by atoms with Crippen molar-refractivity contribution in [1.82, 2.24) is 0 Å². The minimum Gasteiger partial charge on any atom is -0.497 e. The fourth-order valence-electron chi connectivity index (χ4n) is 1.60. The molecule has 94 valence electrons. The van der Waals surface area contributed by atoms with Crippen LogP contribution in [0, 0.1) is 6.92 Å². The van der Waals surface area contributed by atoms with Gasteiger partial charge in [0.2, 0.25) is 0 Å². The molecule has 0 radical (unpaired) electrons. The van der Waals surface area contributed by atoms with Crippen LogP contribution in [-0.4, -0.2) is 13.4 Å². The van der Waals surface area contributed by atoms with E-state index in [2.05, 4.69) is 0 Å². The maximum Gasteiger partial charge on any atom is 0.160 e. The van der Waals surface area contributed by atoms with E-state index in [-0.39, 0.29) is 0 Å². The normalized spacial score (nSPS) is 10.1. The standard InChI is InChI=1S/C14H14O3S/c1-10-11(6-14(8-15)18-10)9-17-13-5-3-4-12(7-13)16-2/h3-8H,9H2,1-2H3. The van der Waals surface area contributed by atoms with Crippen molar-refractivity contribution in [3.63, 3.8) is 0 Å². The topological polar surface area (TPSA) is 35.5 Å². The molecule has 2 rings (SSSR count). The Bertz CT molecular complexity index is 546. The molecule has 0 N–H and O–H groups in total. The molecule has 1 heterocycles. The van der Waals surface area contributed by atoms with Crippen LogP contribution in [-0.2, 0) is 6.61 Å². The lowest BCUT2D eigenvalue weighted by molar-refractivity contribution is 0.112. The van der Waals surface area contributed by atoms with Gasteiger partial charge < -0.3 is 9.47 Å². The molecule has 1 aromatic heterocycles. The van der Waals surface area contributed by atoms with E-state index >= 15 is 0 Å². The summed E-state index contributed by atoms with van der Waals surface area (Å²) in [6.07, 6.45) is 0.868. The summed E-state index contributed by atoms with van der Waals surface area (Å²) < 4.78 is 10.8. The van der Waals surface area contributed by atoms with E-state index in [9.17, 15) is 4.79 Å². The molecule has 4 heteroatoms. The minimum atomic E-state index is 0.462. The predicted molar refractivity (Wildman–Crippen MR) is 71.8 cm³/mol. The number of benzene rings is 1. The Kier molecular flexibility index (Phi) is 3.99. The lowest BCUT2D eigenvalue weighted by atomic mass is 10.2. The number of thiophene rings is 1. The highest BCUT2D eigenvalue weighted by atomic mass is 32.1. The summed E-state index contributed by atoms with van der Waals surface area (Å²) in [7, 11) is 1.62. The Labute approximate surface area is 110 Å². The van der Waals surface area contributed by atoms with Gasteiger partial charge in [-0.05, 0) is 25.1 Å². The third kappa shape index (κ3) is 2.90. The van der Waals surface area contributed by atoms with E-state index < -0.39 is 0 Å². The molecule has 0 aliphatic heterocycles. The molecule has 0 aliphatic rings. The first-order chi connectivity index (χ1) is 8.72. The summed E-state index contributed by atoms with van der Waals surface area (Å²) in [5.41, 5.74) is 1.05. The zero-order valence-corrected chi connectivity index (χ0v) is 11.1. The molecular formula is C14H14O3S. The Balaban J connectivity index is 2.06. The highest BCUT2D eigenvalue weighted by molar-refractivity contribution is 7.13. The number of methoxy groups -OCH3 is 1. The van der Waals surface area contributed by atoms with Crippen LogP contribution in [0.15, 0.2) is 30.3 Å². The first-order valence-corrected chi connectivity index (χ1v) is 6.36. The SMILES string of the molecule is COc1cccc(OCc2cc(C=O)sc2C)c1. The molecular weight excluding hydrogens is 248 g/mol. The first-order valence-electron chi connectivity index (χ1n) is 5.54. The van der Waals surface area contributed by atoms with Crippen molar-refractivity contribution in [3.05, 3.63) is 45.6 Å². The average Bonchev–Trinajstić information content (AvgIpc) is 2.77. The molecule has 0 saturated heterocycles. The van der Waals surface area contributed by atoms with Crippen LogP contribution < -0.4 is 9.47 Å². The van der Waals surface area contributed by atoms with Crippen LogP contribution in [0.25, 0.3) is 0 Å². The van der Waals surface area contributed by atoms with Crippen LogP contribution in [0.5, 0.6) is 11.5 Å². The minimum absolute atomic E-state index is 0.462. The second-order valence-electron chi connectivity index (χ2n) is 3.82. The van der Waals surface area contributed by atoms with Gasteiger partial charge in [0.1, 0.15) is 18.1 Å². The summed E-state index contributed by atoms with van der Waals surface area (Å²) in [5, 5.41) is 0. The number of carbonyl (C=O) groups excluding carboxylic acids is 1. The molecule has 3 nitrogen and oxygen atoms in total. The van der Waals surface area contributed by atoms with E-state index in [1.54, 1.807) is 7.11 Å². The van der Waals surface area contributed by atoms with Gasteiger partial charge in [0.15, 0.2) is 6.29 Å². The van der Waals surface area contributed by atoms with Crippen LogP contribution >= 0.6 is 11.3 Å². The Morgan fingerprint density at radius 3 is 2.72 bits per heavy atom. The number of hydrogen-bond acceptors (Lipinski definition) is 4. The molecule has 0 saturated carbocycles. The molecule has 0 aliphatic carbocycles. The second-order valence-corrected chi connectivity index (χ2v) is 5.10. The Morgan fingerprint density at radius 1 is 1.28 bits per heavy atom. The lowest BCUT2D eigenvalue weighted by Gasteiger charge is -2.07. The summed E-state index contributed by atoms with van der Waals surface area (Å²) in [5.74, 6) is 1.52. The predicted octanol–water partition coefficient (Wildman–Crippen LogP) is 3.46. The van der Waals surface area contributed by atoms with E-state index in [1.165, 1.54) is 11.3 Å². The average molecular weight is 262 g/mol. The van der Waals surface area contributed by atoms with Gasteiger partial charge in [0, 0.05) is 16.5 Å². The van der Waals surface area contributed by atoms with Crippen molar-refractivity contribution in [1.29, 1.82) is 0 Å². The van der Waals surface area contributed by atoms with Gasteiger partial charge in [-0.1, -0.05) is 6.07 Å². The highest BCUT2D eigenvalue weighted by Gasteiger charge is 2.06. The van der Waals surface area contributed by atoms with Gasteiger partial charge >= 0.3 is 0 Å². The maximum atomic E-state index is 10.7. The van der Waals surface area contributed by atoms with Crippen molar-refractivity contribution in [2.75, 3.05) is 7.11 Å². The first kappa shape index (κ1) is 12.6. The monoisotopic (exact) mass is 262 g/mol. The fourth-order valence-corrected chi connectivity index (χ4v) is 2.45. The smallest absolute Gasteiger partial charge is 0.160 e. The third-order valence-electron chi connectivity index (χ3n) is 2.59. The molecule has 0 spiro atoms. The molecule has 18 heavy (non-hydrogen) atoms. The van der Waals surface area contributed by atoms with Crippen molar-refractivity contribution in [2.24, 2.45) is 0 Å². The third-order valence-corrected chi connectivity index (χ3v) is 3.61. The highest BCUT2D eigenvalue weighted by Crippen LogP contribution is 2.23.